The van der Waals surface area contributed by atoms with E-state index in [-0.39, 0.29) is 12.0 Å². The average Bonchev–Trinajstić information content (AvgIpc) is 2.92. The maximum absolute atomic E-state index is 12.2. The number of nitrogens with one attached hydrogen (secondary N) is 1. The van der Waals surface area contributed by atoms with Gasteiger partial charge in [-0.3, -0.25) is 4.90 Å². The van der Waals surface area contributed by atoms with Crippen molar-refractivity contribution in [2.75, 3.05) is 14.2 Å². The van der Waals surface area contributed by atoms with Crippen molar-refractivity contribution in [1.29, 1.82) is 0 Å². The van der Waals surface area contributed by atoms with Crippen LogP contribution in [0, 0.1) is 5.92 Å². The second-order valence-corrected chi connectivity index (χ2v) is 6.58. The van der Waals surface area contributed by atoms with Gasteiger partial charge in [-0.05, 0) is 31.0 Å². The highest BCUT2D eigenvalue weighted by Gasteiger charge is 2.44. The van der Waals surface area contributed by atoms with Crippen LogP contribution >= 0.6 is 0 Å². The van der Waals surface area contributed by atoms with Crippen molar-refractivity contribution < 1.29 is 9.53 Å². The van der Waals surface area contributed by atoms with Gasteiger partial charge >= 0.3 is 5.97 Å². The zero-order valence-corrected chi connectivity index (χ0v) is 13.8. The number of ether oxygens (including phenoxy) is 1. The van der Waals surface area contributed by atoms with E-state index in [1.165, 1.54) is 29.3 Å². The first-order chi connectivity index (χ1) is 11.2. The molecule has 4 heteroatoms. The molecule has 1 aromatic heterocycles. The first-order valence-electron chi connectivity index (χ1n) is 8.27. The quantitative estimate of drug-likeness (QED) is 0.866. The van der Waals surface area contributed by atoms with Crippen LogP contribution in [-0.4, -0.2) is 36.1 Å². The number of benzene rings is 1. The number of methoxy groups -OCH3 is 1. The Balaban J connectivity index is 1.91. The largest absolute Gasteiger partial charge is 0.466 e. The molecule has 0 aliphatic carbocycles. The smallest absolute Gasteiger partial charge is 0.335 e. The molecule has 4 rings (SSSR count). The molecule has 0 unspecified atom stereocenters. The second kappa shape index (κ2) is 5.24. The first-order valence-corrected chi connectivity index (χ1v) is 8.27. The lowest BCUT2D eigenvalue weighted by Crippen LogP contribution is -2.49. The minimum Gasteiger partial charge on any atom is -0.466 e. The Bertz CT molecular complexity index is 805. The van der Waals surface area contributed by atoms with Gasteiger partial charge in [-0.15, -0.1) is 0 Å². The number of likely N-dealkylation sites (N-methyl/N-ethyl adjacent to an activating group) is 1. The van der Waals surface area contributed by atoms with Crippen molar-refractivity contribution >= 4 is 16.9 Å². The maximum Gasteiger partial charge on any atom is 0.335 e. The Morgan fingerprint density at radius 2 is 2.17 bits per heavy atom. The molecule has 2 aromatic rings. The molecule has 0 saturated heterocycles. The van der Waals surface area contributed by atoms with Crippen LogP contribution in [0.4, 0.5) is 0 Å². The number of esters is 1. The number of hydrogen-bond acceptors (Lipinski definition) is 3. The highest BCUT2D eigenvalue weighted by atomic mass is 16.5. The zero-order chi connectivity index (χ0) is 16.1. The summed E-state index contributed by atoms with van der Waals surface area (Å²) in [6, 6.07) is 8.91. The molecule has 0 fully saturated rings. The molecule has 2 aliphatic rings. The molecule has 0 radical (unpaired) electrons. The fraction of sp³-hybridized carbons (Fsp3) is 0.421. The van der Waals surface area contributed by atoms with Gasteiger partial charge in [0.05, 0.1) is 12.7 Å². The van der Waals surface area contributed by atoms with E-state index in [1.807, 2.05) is 0 Å². The predicted octanol–water partition coefficient (Wildman–Crippen LogP) is 3.20. The Morgan fingerprint density at radius 3 is 2.91 bits per heavy atom. The van der Waals surface area contributed by atoms with Crippen molar-refractivity contribution in [3.8, 4) is 0 Å². The lowest BCUT2D eigenvalue weighted by atomic mass is 9.76. The molecule has 0 amide bonds. The average molecular weight is 310 g/mol. The number of aromatic nitrogens is 1. The van der Waals surface area contributed by atoms with Gasteiger partial charge in [0, 0.05) is 35.1 Å². The number of para-hydroxylation sites is 1. The minimum atomic E-state index is -0.196. The molecule has 2 bridgehead atoms. The van der Waals surface area contributed by atoms with E-state index < -0.39 is 0 Å². The Kier molecular flexibility index (Phi) is 3.31. The van der Waals surface area contributed by atoms with Crippen LogP contribution in [0.15, 0.2) is 35.9 Å². The summed E-state index contributed by atoms with van der Waals surface area (Å²) in [7, 11) is 3.60. The van der Waals surface area contributed by atoms with Crippen molar-refractivity contribution in [3.05, 3.63) is 47.2 Å². The number of rotatable bonds is 2. The third kappa shape index (κ3) is 1.98. The van der Waals surface area contributed by atoms with Crippen molar-refractivity contribution in [2.24, 2.45) is 5.92 Å². The van der Waals surface area contributed by atoms with E-state index in [0.717, 1.165) is 18.4 Å². The van der Waals surface area contributed by atoms with Crippen LogP contribution in [0.1, 0.15) is 30.6 Å². The van der Waals surface area contributed by atoms with E-state index in [1.54, 1.807) is 0 Å². The first kappa shape index (κ1) is 14.5. The summed E-state index contributed by atoms with van der Waals surface area (Å²) in [6.07, 6.45) is 3.99. The summed E-state index contributed by atoms with van der Waals surface area (Å²) >= 11 is 0. The Morgan fingerprint density at radius 1 is 1.39 bits per heavy atom. The van der Waals surface area contributed by atoms with Crippen LogP contribution in [0.25, 0.3) is 10.9 Å². The summed E-state index contributed by atoms with van der Waals surface area (Å²) in [4.78, 5) is 18.2. The van der Waals surface area contributed by atoms with E-state index in [2.05, 4.69) is 54.2 Å². The van der Waals surface area contributed by atoms with Crippen LogP contribution in [0.3, 0.4) is 0 Å². The standard InChI is InChI=1S/C19H22N2O2/c1-4-11-9-13(19(22)23-3)16-10-15-17(18(11)21(16)2)12-7-5-6-8-14(12)20-15/h5-9,11,16,18,20H,4,10H2,1-3H3/t11-,16+,18+/m1/s1. The molecule has 4 nitrogen and oxygen atoms in total. The summed E-state index contributed by atoms with van der Waals surface area (Å²) in [6.45, 7) is 2.19. The Labute approximate surface area is 136 Å². The van der Waals surface area contributed by atoms with Crippen LogP contribution < -0.4 is 0 Å². The summed E-state index contributed by atoms with van der Waals surface area (Å²) in [5.74, 6) is 0.127. The molecule has 3 heterocycles. The van der Waals surface area contributed by atoms with Gasteiger partial charge < -0.3 is 9.72 Å². The SMILES string of the molecule is CC[C@@H]1C=C(C(=O)OC)[C@@H]2Cc3[nH]c4ccccc4c3[C@H]1N2C. The maximum atomic E-state index is 12.2. The third-order valence-electron chi connectivity index (χ3n) is 5.50. The van der Waals surface area contributed by atoms with E-state index >= 15 is 0 Å². The lowest BCUT2D eigenvalue weighted by molar-refractivity contribution is -0.137. The number of carbonyl (C=O) groups excluding carboxylic acids is 1. The fourth-order valence-corrected chi connectivity index (χ4v) is 4.39. The molecule has 120 valence electrons. The normalized spacial score (nSPS) is 26.7. The molecule has 1 aromatic carbocycles. The van der Waals surface area contributed by atoms with Gasteiger partial charge in [0.1, 0.15) is 0 Å². The van der Waals surface area contributed by atoms with Crippen LogP contribution in [0.2, 0.25) is 0 Å². The molecule has 23 heavy (non-hydrogen) atoms. The number of H-pyrrole nitrogens is 1. The zero-order valence-electron chi connectivity index (χ0n) is 13.8. The summed E-state index contributed by atoms with van der Waals surface area (Å²) in [5.41, 5.74) is 4.67. The van der Waals surface area contributed by atoms with Gasteiger partial charge in [0.25, 0.3) is 0 Å². The molecule has 0 spiro atoms. The predicted molar refractivity (Wildman–Crippen MR) is 90.2 cm³/mol. The third-order valence-corrected chi connectivity index (χ3v) is 5.50. The molecule has 1 N–H and O–H groups in total. The van der Waals surface area contributed by atoms with Crippen LogP contribution in [0.5, 0.6) is 0 Å². The molecule has 2 aliphatic heterocycles. The minimum absolute atomic E-state index is 0.0933. The van der Waals surface area contributed by atoms with Crippen molar-refractivity contribution in [1.82, 2.24) is 9.88 Å². The van der Waals surface area contributed by atoms with Gasteiger partial charge in [-0.2, -0.15) is 0 Å². The second-order valence-electron chi connectivity index (χ2n) is 6.58. The number of carbonyl (C=O) groups is 1. The highest BCUT2D eigenvalue weighted by molar-refractivity contribution is 5.91. The topological polar surface area (TPSA) is 45.3 Å². The Hall–Kier alpha value is -2.07. The number of hydrogen-bond donors (Lipinski definition) is 1. The molecule has 0 saturated carbocycles. The van der Waals surface area contributed by atoms with Gasteiger partial charge in [0.15, 0.2) is 0 Å². The van der Waals surface area contributed by atoms with Gasteiger partial charge in [0.2, 0.25) is 0 Å². The number of aromatic amines is 1. The van der Waals surface area contributed by atoms with Crippen LogP contribution in [-0.2, 0) is 16.0 Å². The highest BCUT2D eigenvalue weighted by Crippen LogP contribution is 2.47. The fourth-order valence-electron chi connectivity index (χ4n) is 4.39. The monoisotopic (exact) mass is 310 g/mol. The lowest BCUT2D eigenvalue weighted by Gasteiger charge is -2.46. The molecular weight excluding hydrogens is 288 g/mol. The molecule has 3 atom stereocenters. The van der Waals surface area contributed by atoms with E-state index in [9.17, 15) is 4.79 Å². The van der Waals surface area contributed by atoms with Gasteiger partial charge in [-0.25, -0.2) is 4.79 Å². The van der Waals surface area contributed by atoms with Crippen molar-refractivity contribution in [2.45, 2.75) is 31.8 Å². The van der Waals surface area contributed by atoms with Crippen molar-refractivity contribution in [3.63, 3.8) is 0 Å². The molecular formula is C19H22N2O2. The summed E-state index contributed by atoms with van der Waals surface area (Å²) < 4.78 is 5.03. The van der Waals surface area contributed by atoms with E-state index in [4.69, 9.17) is 4.74 Å². The number of nitrogens with zero attached hydrogens (tertiary/aromatic N) is 1. The number of fused-ring (bicyclic) bond motifs is 6. The van der Waals surface area contributed by atoms with Gasteiger partial charge in [-0.1, -0.05) is 31.2 Å². The summed E-state index contributed by atoms with van der Waals surface area (Å²) in [5, 5.41) is 1.31. The van der Waals surface area contributed by atoms with E-state index in [0.29, 0.717) is 12.0 Å².